The van der Waals surface area contributed by atoms with Crippen LogP contribution in [0.3, 0.4) is 0 Å². The lowest BCUT2D eigenvalue weighted by molar-refractivity contribution is -0.154. The molecule has 3 N–H and O–H groups in total. The van der Waals surface area contributed by atoms with E-state index in [1.165, 1.54) is 186 Å². The number of allylic oxidation sites excluding steroid dienone is 2. The summed E-state index contributed by atoms with van der Waals surface area (Å²) in [5, 5.41) is 18.4. The Morgan fingerprint density at radius 1 is 0.517 bits per heavy atom. The van der Waals surface area contributed by atoms with Gasteiger partial charge in [0, 0.05) is 13.0 Å². The van der Waals surface area contributed by atoms with Crippen molar-refractivity contribution in [3.63, 3.8) is 0 Å². The van der Waals surface area contributed by atoms with Crippen LogP contribution in [0.15, 0.2) is 12.2 Å². The third-order valence-corrected chi connectivity index (χ3v) is 11.9. The molecule has 0 saturated heterocycles. The van der Waals surface area contributed by atoms with E-state index in [4.69, 9.17) is 23.6 Å². The zero-order chi connectivity index (χ0) is 42.5. The first-order valence-corrected chi connectivity index (χ1v) is 26.2. The number of phosphoric ester groups is 1. The first-order valence-electron chi connectivity index (χ1n) is 24.7. The highest BCUT2D eigenvalue weighted by molar-refractivity contribution is 7.47. The summed E-state index contributed by atoms with van der Waals surface area (Å²) in [6.45, 7) is 3.57. The Balaban J connectivity index is 4.06. The molecule has 0 fully saturated rings. The van der Waals surface area contributed by atoms with Crippen LogP contribution in [0.1, 0.15) is 245 Å². The van der Waals surface area contributed by atoms with Crippen molar-refractivity contribution in [3.05, 3.63) is 12.2 Å². The second-order valence-electron chi connectivity index (χ2n) is 16.8. The third kappa shape index (κ3) is 44.7. The molecule has 3 atom stereocenters. The standard InChI is InChI=1S/C48H95O9P/c1-3-5-7-9-11-13-15-17-19-21-23-24-26-28-30-32-34-36-38-40-48(51)57-47(45-56-58(52,53)55-43-46(50)42-49)44-54-41-39-37-35-33-31-29-27-25-22-20-18-16-14-12-10-8-6-4-2/h18,20,46-47,49-50H,3-17,19,21-45H2,1-2H3,(H,52,53)/b20-18-. The Morgan fingerprint density at radius 3 is 1.29 bits per heavy atom. The van der Waals surface area contributed by atoms with Gasteiger partial charge in [0.1, 0.15) is 12.2 Å². The van der Waals surface area contributed by atoms with Crippen molar-refractivity contribution in [2.24, 2.45) is 0 Å². The van der Waals surface area contributed by atoms with Crippen LogP contribution < -0.4 is 0 Å². The van der Waals surface area contributed by atoms with Gasteiger partial charge in [-0.1, -0.05) is 212 Å². The van der Waals surface area contributed by atoms with Crippen LogP contribution in [0.25, 0.3) is 0 Å². The molecule has 0 aromatic heterocycles. The first kappa shape index (κ1) is 57.2. The SMILES string of the molecule is CCCCCCCC/C=C\CCCCCCCCCCOCC(COP(=O)(O)OCC(O)CO)OC(=O)CCCCCCCCCCCCCCCCCCCCC. The number of esters is 1. The maximum atomic E-state index is 12.7. The predicted molar refractivity (Wildman–Crippen MR) is 242 cm³/mol. The Morgan fingerprint density at radius 2 is 0.879 bits per heavy atom. The fraction of sp³-hybridized carbons (Fsp3) is 0.938. The number of hydrogen-bond donors (Lipinski definition) is 3. The topological polar surface area (TPSA) is 132 Å². The molecule has 0 amide bonds. The molecule has 0 bridgehead atoms. The van der Waals surface area contributed by atoms with Crippen LogP contribution >= 0.6 is 7.82 Å². The molecule has 0 radical (unpaired) electrons. The van der Waals surface area contributed by atoms with E-state index in [0.717, 1.165) is 38.5 Å². The van der Waals surface area contributed by atoms with Crippen LogP contribution in [0.4, 0.5) is 0 Å². The van der Waals surface area contributed by atoms with E-state index < -0.39 is 33.2 Å². The highest BCUT2D eigenvalue weighted by Gasteiger charge is 2.26. The average Bonchev–Trinajstić information content (AvgIpc) is 3.21. The van der Waals surface area contributed by atoms with Crippen molar-refractivity contribution in [2.75, 3.05) is 33.0 Å². The highest BCUT2D eigenvalue weighted by Crippen LogP contribution is 2.43. The lowest BCUT2D eigenvalue weighted by Gasteiger charge is -2.20. The highest BCUT2D eigenvalue weighted by atomic mass is 31.2. The molecule has 0 spiro atoms. The summed E-state index contributed by atoms with van der Waals surface area (Å²) in [5.41, 5.74) is 0. The molecule has 10 heteroatoms. The molecule has 3 unspecified atom stereocenters. The minimum Gasteiger partial charge on any atom is -0.457 e. The van der Waals surface area contributed by atoms with Crippen LogP contribution in [0.2, 0.25) is 0 Å². The zero-order valence-corrected chi connectivity index (χ0v) is 38.9. The largest absolute Gasteiger partial charge is 0.472 e. The van der Waals surface area contributed by atoms with Crippen molar-refractivity contribution < 1.29 is 43.0 Å². The van der Waals surface area contributed by atoms with Gasteiger partial charge in [-0.3, -0.25) is 13.8 Å². The number of unbranched alkanes of at least 4 members (excludes halogenated alkanes) is 32. The molecule has 346 valence electrons. The smallest absolute Gasteiger partial charge is 0.457 e. The van der Waals surface area contributed by atoms with E-state index >= 15 is 0 Å². The molecule has 58 heavy (non-hydrogen) atoms. The lowest BCUT2D eigenvalue weighted by Crippen LogP contribution is -2.29. The number of phosphoric acid groups is 1. The van der Waals surface area contributed by atoms with E-state index in [0.29, 0.717) is 6.61 Å². The summed E-state index contributed by atoms with van der Waals surface area (Å²) in [7, 11) is -4.52. The maximum absolute atomic E-state index is 12.7. The predicted octanol–water partition coefficient (Wildman–Crippen LogP) is 14.0. The van der Waals surface area contributed by atoms with Gasteiger partial charge < -0.3 is 24.6 Å². The summed E-state index contributed by atoms with van der Waals surface area (Å²) in [4.78, 5) is 22.7. The number of aliphatic hydroxyl groups excluding tert-OH is 2. The number of rotatable bonds is 48. The third-order valence-electron chi connectivity index (χ3n) is 11.0. The molecule has 0 aliphatic rings. The normalized spacial score (nSPS) is 13.9. The summed E-state index contributed by atoms with van der Waals surface area (Å²) in [6, 6.07) is 0. The number of ether oxygens (including phenoxy) is 2. The molecule has 0 aromatic rings. The van der Waals surface area contributed by atoms with Crippen molar-refractivity contribution >= 4 is 13.8 Å². The van der Waals surface area contributed by atoms with E-state index in [1.54, 1.807) is 0 Å². The maximum Gasteiger partial charge on any atom is 0.472 e. The van der Waals surface area contributed by atoms with Crippen molar-refractivity contribution in [3.8, 4) is 0 Å². The number of aliphatic hydroxyl groups is 2. The van der Waals surface area contributed by atoms with Gasteiger partial charge in [-0.15, -0.1) is 0 Å². The van der Waals surface area contributed by atoms with E-state index in [9.17, 15) is 19.4 Å². The minimum atomic E-state index is -4.52. The second-order valence-corrected chi connectivity index (χ2v) is 18.3. The van der Waals surface area contributed by atoms with Crippen molar-refractivity contribution in [1.82, 2.24) is 0 Å². The van der Waals surface area contributed by atoms with Crippen LogP contribution in [-0.2, 0) is 27.9 Å². The Bertz CT molecular complexity index is 918. The Hall–Kier alpha value is -0.800. The molecular formula is C48H95O9P. The number of carbonyl (C=O) groups excluding carboxylic acids is 1. The van der Waals surface area contributed by atoms with Gasteiger partial charge in [-0.25, -0.2) is 4.57 Å². The molecule has 0 rings (SSSR count). The van der Waals surface area contributed by atoms with E-state index in [1.807, 2.05) is 0 Å². The monoisotopic (exact) mass is 847 g/mol. The van der Waals surface area contributed by atoms with Gasteiger partial charge in [-0.2, -0.15) is 0 Å². The first-order chi connectivity index (χ1) is 28.3. The molecule has 9 nitrogen and oxygen atoms in total. The average molecular weight is 847 g/mol. The molecule has 0 aromatic carbocycles. The molecule has 0 aliphatic heterocycles. The van der Waals surface area contributed by atoms with Gasteiger partial charge in [-0.05, 0) is 38.5 Å². The van der Waals surface area contributed by atoms with Gasteiger partial charge in [0.2, 0.25) is 0 Å². The van der Waals surface area contributed by atoms with Gasteiger partial charge in [0.05, 0.1) is 26.4 Å². The van der Waals surface area contributed by atoms with E-state index in [2.05, 4.69) is 26.0 Å². The molecule has 0 aliphatic carbocycles. The quantitative estimate of drug-likeness (QED) is 0.0237. The Labute approximate surface area is 358 Å². The van der Waals surface area contributed by atoms with Crippen LogP contribution in [0, 0.1) is 0 Å². The van der Waals surface area contributed by atoms with Crippen LogP contribution in [-0.4, -0.2) is 66.3 Å². The summed E-state index contributed by atoms with van der Waals surface area (Å²) >= 11 is 0. The molecular weight excluding hydrogens is 751 g/mol. The lowest BCUT2D eigenvalue weighted by atomic mass is 10.0. The van der Waals surface area contributed by atoms with Crippen molar-refractivity contribution in [2.45, 2.75) is 257 Å². The van der Waals surface area contributed by atoms with E-state index in [-0.39, 0.29) is 25.6 Å². The van der Waals surface area contributed by atoms with Gasteiger partial charge >= 0.3 is 13.8 Å². The number of hydrogen-bond acceptors (Lipinski definition) is 8. The fourth-order valence-corrected chi connectivity index (χ4v) is 7.97. The minimum absolute atomic E-state index is 0.0532. The second kappa shape index (κ2) is 45.7. The van der Waals surface area contributed by atoms with Crippen molar-refractivity contribution in [1.29, 1.82) is 0 Å². The zero-order valence-electron chi connectivity index (χ0n) is 38.0. The summed E-state index contributed by atoms with van der Waals surface area (Å²) in [6.07, 6.45) is 47.4. The summed E-state index contributed by atoms with van der Waals surface area (Å²) in [5.74, 6) is -0.377. The van der Waals surface area contributed by atoms with Gasteiger partial charge in [0.15, 0.2) is 0 Å². The molecule has 0 saturated carbocycles. The van der Waals surface area contributed by atoms with Gasteiger partial charge in [0.25, 0.3) is 0 Å². The fourth-order valence-electron chi connectivity index (χ4n) is 7.18. The summed E-state index contributed by atoms with van der Waals surface area (Å²) < 4.78 is 33.5. The number of carbonyl (C=O) groups is 1. The molecule has 0 heterocycles. The van der Waals surface area contributed by atoms with Crippen LogP contribution in [0.5, 0.6) is 0 Å². The Kier molecular flexibility index (Phi) is 45.1.